The van der Waals surface area contributed by atoms with Gasteiger partial charge in [-0.3, -0.25) is 19.6 Å². The molecule has 0 unspecified atom stereocenters. The van der Waals surface area contributed by atoms with Gasteiger partial charge in [-0.05, 0) is 44.4 Å². The number of aromatic nitrogens is 4. The molecule has 0 spiro atoms. The maximum Gasteiger partial charge on any atom is 0.277 e. The molecule has 0 radical (unpaired) electrons. The van der Waals surface area contributed by atoms with Gasteiger partial charge in [0.1, 0.15) is 5.75 Å². The summed E-state index contributed by atoms with van der Waals surface area (Å²) in [7, 11) is 0. The van der Waals surface area contributed by atoms with Gasteiger partial charge in [-0.15, -0.1) is 0 Å². The summed E-state index contributed by atoms with van der Waals surface area (Å²) in [5.74, 6) is 1.03. The monoisotopic (exact) mass is 425 g/mol. The Morgan fingerprint density at radius 1 is 1.19 bits per heavy atom. The summed E-state index contributed by atoms with van der Waals surface area (Å²) in [5.41, 5.74) is 2.14. The lowest BCUT2D eigenvalue weighted by atomic mass is 10.1. The predicted octanol–water partition coefficient (Wildman–Crippen LogP) is 3.66. The number of H-pyrrole nitrogens is 1. The Morgan fingerprint density at radius 2 is 1.90 bits per heavy atom. The predicted molar refractivity (Wildman–Crippen MR) is 121 cm³/mol. The van der Waals surface area contributed by atoms with Crippen LogP contribution in [0.3, 0.4) is 0 Å². The van der Waals surface area contributed by atoms with E-state index in [1.165, 1.54) is 4.52 Å². The van der Waals surface area contributed by atoms with Crippen molar-refractivity contribution in [2.24, 2.45) is 5.92 Å². The molecule has 3 rings (SSSR count). The first-order chi connectivity index (χ1) is 14.8. The lowest BCUT2D eigenvalue weighted by molar-refractivity contribution is -0.121. The number of hydrogen-bond donors (Lipinski definition) is 1. The number of fused-ring (bicyclic) bond motifs is 1. The third-order valence-electron chi connectivity index (χ3n) is 5.15. The van der Waals surface area contributed by atoms with Crippen LogP contribution in [-0.4, -0.2) is 32.1 Å². The van der Waals surface area contributed by atoms with E-state index in [-0.39, 0.29) is 23.2 Å². The second-order valence-electron chi connectivity index (χ2n) is 7.92. The zero-order valence-corrected chi connectivity index (χ0v) is 18.9. The normalized spacial score (nSPS) is 11.3. The van der Waals surface area contributed by atoms with Crippen molar-refractivity contribution in [3.05, 3.63) is 51.4 Å². The largest absolute Gasteiger partial charge is 0.494 e. The Bertz CT molecular complexity index is 1100. The molecule has 0 saturated heterocycles. The summed E-state index contributed by atoms with van der Waals surface area (Å²) in [6.07, 6.45) is 2.58. The highest BCUT2D eigenvalue weighted by molar-refractivity contribution is 5.93. The van der Waals surface area contributed by atoms with Crippen LogP contribution in [0.4, 0.5) is 5.95 Å². The van der Waals surface area contributed by atoms with Crippen molar-refractivity contribution in [2.75, 3.05) is 11.5 Å². The van der Waals surface area contributed by atoms with Gasteiger partial charge in [-0.25, -0.2) is 4.98 Å². The van der Waals surface area contributed by atoms with E-state index in [1.807, 2.05) is 52.0 Å². The van der Waals surface area contributed by atoms with Gasteiger partial charge in [0, 0.05) is 11.5 Å². The number of carbonyl (C=O) groups excluding carboxylic acids is 1. The lowest BCUT2D eigenvalue weighted by Gasteiger charge is -2.21. The average Bonchev–Trinajstić information content (AvgIpc) is 3.16. The first kappa shape index (κ1) is 22.5. The molecule has 2 aromatic heterocycles. The number of aromatic amines is 1. The minimum Gasteiger partial charge on any atom is -0.494 e. The molecule has 8 nitrogen and oxygen atoms in total. The van der Waals surface area contributed by atoms with Crippen LogP contribution in [0.2, 0.25) is 0 Å². The molecular formula is C23H31N5O3. The Balaban J connectivity index is 1.99. The number of carbonyl (C=O) groups is 1. The Hall–Kier alpha value is -3.16. The molecular weight excluding hydrogens is 394 g/mol. The SMILES string of the molecule is CCCCc1c(C)nc2nc(N(Cc3ccc(OCC)cc3)C(=O)C(C)C)[nH]n2c1=O. The van der Waals surface area contributed by atoms with E-state index in [4.69, 9.17) is 4.74 Å². The summed E-state index contributed by atoms with van der Waals surface area (Å²) in [6.45, 7) is 10.4. The molecule has 0 saturated carbocycles. The fraction of sp³-hybridized carbons (Fsp3) is 0.478. The molecule has 0 fully saturated rings. The molecule has 0 aliphatic carbocycles. The van der Waals surface area contributed by atoms with Gasteiger partial charge >= 0.3 is 0 Å². The second kappa shape index (κ2) is 9.76. The van der Waals surface area contributed by atoms with Gasteiger partial charge in [-0.1, -0.05) is 39.3 Å². The highest BCUT2D eigenvalue weighted by atomic mass is 16.5. The summed E-state index contributed by atoms with van der Waals surface area (Å²) >= 11 is 0. The molecule has 0 aliphatic rings. The van der Waals surface area contributed by atoms with Crippen LogP contribution in [0, 0.1) is 12.8 Å². The van der Waals surface area contributed by atoms with Crippen LogP contribution in [0.25, 0.3) is 5.78 Å². The van der Waals surface area contributed by atoms with Gasteiger partial charge in [0.2, 0.25) is 11.9 Å². The van der Waals surface area contributed by atoms with Crippen LogP contribution in [-0.2, 0) is 17.8 Å². The number of amides is 1. The molecule has 0 aliphatic heterocycles. The van der Waals surface area contributed by atoms with E-state index in [0.717, 1.165) is 24.2 Å². The molecule has 0 bridgehead atoms. The first-order valence-corrected chi connectivity index (χ1v) is 10.9. The zero-order chi connectivity index (χ0) is 22.5. The van der Waals surface area contributed by atoms with Gasteiger partial charge in [0.15, 0.2) is 0 Å². The van der Waals surface area contributed by atoms with E-state index in [2.05, 4.69) is 22.0 Å². The van der Waals surface area contributed by atoms with E-state index >= 15 is 0 Å². The van der Waals surface area contributed by atoms with Crippen LogP contribution >= 0.6 is 0 Å². The average molecular weight is 426 g/mol. The van der Waals surface area contributed by atoms with Crippen molar-refractivity contribution in [3.8, 4) is 5.75 Å². The minimum atomic E-state index is -0.234. The smallest absolute Gasteiger partial charge is 0.277 e. The third-order valence-corrected chi connectivity index (χ3v) is 5.15. The number of anilines is 1. The van der Waals surface area contributed by atoms with Gasteiger partial charge in [0.25, 0.3) is 11.3 Å². The van der Waals surface area contributed by atoms with Crippen LogP contribution in [0.15, 0.2) is 29.1 Å². The highest BCUT2D eigenvalue weighted by Crippen LogP contribution is 2.19. The van der Waals surface area contributed by atoms with Crippen LogP contribution in [0.1, 0.15) is 57.4 Å². The zero-order valence-electron chi connectivity index (χ0n) is 18.9. The maximum absolute atomic E-state index is 13.0. The summed E-state index contributed by atoms with van der Waals surface area (Å²) in [6, 6.07) is 7.60. The standard InChI is InChI=1S/C23H31N5O3/c1-6-8-9-19-16(5)24-22-25-23(26-28(22)21(19)30)27(20(29)15(3)4)14-17-10-12-18(13-11-17)31-7-2/h10-13,15H,6-9,14H2,1-5H3,(H,24,25,26). The number of aryl methyl sites for hydroxylation is 1. The van der Waals surface area contributed by atoms with Gasteiger partial charge in [-0.2, -0.15) is 9.50 Å². The second-order valence-corrected chi connectivity index (χ2v) is 7.92. The molecule has 2 heterocycles. The third kappa shape index (κ3) is 4.95. The maximum atomic E-state index is 13.0. The Kier molecular flexibility index (Phi) is 7.09. The number of nitrogens with one attached hydrogen (secondary N) is 1. The minimum absolute atomic E-state index is 0.0936. The summed E-state index contributed by atoms with van der Waals surface area (Å²) in [4.78, 5) is 36.5. The number of rotatable bonds is 9. The van der Waals surface area contributed by atoms with Crippen molar-refractivity contribution < 1.29 is 9.53 Å². The van der Waals surface area contributed by atoms with Gasteiger partial charge in [0.05, 0.1) is 18.8 Å². The number of benzene rings is 1. The van der Waals surface area contributed by atoms with Crippen molar-refractivity contribution >= 4 is 17.6 Å². The van der Waals surface area contributed by atoms with E-state index in [1.54, 1.807) is 4.90 Å². The van der Waals surface area contributed by atoms with Gasteiger partial charge < -0.3 is 4.74 Å². The summed E-state index contributed by atoms with van der Waals surface area (Å²) < 4.78 is 6.83. The summed E-state index contributed by atoms with van der Waals surface area (Å²) in [5, 5.41) is 3.01. The molecule has 3 aromatic rings. The fourth-order valence-corrected chi connectivity index (χ4v) is 3.41. The van der Waals surface area contributed by atoms with Crippen molar-refractivity contribution in [2.45, 2.75) is 60.4 Å². The van der Waals surface area contributed by atoms with Crippen molar-refractivity contribution in [1.29, 1.82) is 0 Å². The molecule has 0 atom stereocenters. The molecule has 31 heavy (non-hydrogen) atoms. The van der Waals surface area contributed by atoms with Crippen LogP contribution < -0.4 is 15.2 Å². The lowest BCUT2D eigenvalue weighted by Crippen LogP contribution is -2.34. The number of hydrogen-bond acceptors (Lipinski definition) is 5. The van der Waals surface area contributed by atoms with E-state index < -0.39 is 0 Å². The first-order valence-electron chi connectivity index (χ1n) is 10.9. The quantitative estimate of drug-likeness (QED) is 0.565. The highest BCUT2D eigenvalue weighted by Gasteiger charge is 2.24. The molecule has 8 heteroatoms. The van der Waals surface area contributed by atoms with Crippen molar-refractivity contribution in [1.82, 2.24) is 19.6 Å². The Morgan fingerprint density at radius 3 is 2.52 bits per heavy atom. The number of nitrogens with zero attached hydrogens (tertiary/aromatic N) is 4. The number of ether oxygens (including phenoxy) is 1. The van der Waals surface area contributed by atoms with E-state index in [9.17, 15) is 9.59 Å². The Labute approximate surface area is 182 Å². The topological polar surface area (TPSA) is 92.6 Å². The molecule has 1 N–H and O–H groups in total. The fourth-order valence-electron chi connectivity index (χ4n) is 3.41. The molecule has 1 amide bonds. The number of unbranched alkanes of at least 4 members (excludes halogenated alkanes) is 1. The van der Waals surface area contributed by atoms with Crippen molar-refractivity contribution in [3.63, 3.8) is 0 Å². The van der Waals surface area contributed by atoms with Crippen LogP contribution in [0.5, 0.6) is 5.75 Å². The molecule has 1 aromatic carbocycles. The van der Waals surface area contributed by atoms with E-state index in [0.29, 0.717) is 36.8 Å². The molecule has 166 valence electrons.